The molecule has 0 saturated carbocycles. The van der Waals surface area contributed by atoms with Crippen LogP contribution in [-0.2, 0) is 0 Å². The second-order valence-electron chi connectivity index (χ2n) is 7.47. The second-order valence-corrected chi connectivity index (χ2v) is 7.47. The van der Waals surface area contributed by atoms with Gasteiger partial charge in [0.2, 0.25) is 0 Å². The minimum absolute atomic E-state index is 0.722. The Morgan fingerprint density at radius 1 is 0.682 bits per heavy atom. The topological polar surface area (TPSA) is 15.3 Å². The molecule has 1 N–H and O–H groups in total. The van der Waals surface area contributed by atoms with Crippen LogP contribution < -0.4 is 5.32 Å². The van der Waals surface area contributed by atoms with Crippen LogP contribution in [0.3, 0.4) is 0 Å². The summed E-state index contributed by atoms with van der Waals surface area (Å²) in [4.78, 5) is 2.31. The molecule has 0 spiro atoms. The first kappa shape index (κ1) is 29.9. The normalized spacial score (nSPS) is 10.4. The molecule has 0 rings (SSSR count). The highest BCUT2D eigenvalue weighted by atomic mass is 15.1. The molecule has 0 heterocycles. The molecule has 0 amide bonds. The van der Waals surface area contributed by atoms with Crippen molar-refractivity contribution in [1.29, 1.82) is 0 Å². The standard InChI is InChI=1S/C9H21N.C7H16.C2H7N.C2H6/c1-7(2)9(8(3)4)10(5)6;1-6(2)5-7(3)4;1-3-2;1-2/h7-9H,1-6H3;6-7H,5H2,1-4H3;3H,1-2H3;1-2H3. The van der Waals surface area contributed by atoms with Crippen LogP contribution in [0.1, 0.15) is 75.7 Å². The lowest BCUT2D eigenvalue weighted by atomic mass is 9.92. The summed E-state index contributed by atoms with van der Waals surface area (Å²) in [5, 5.41) is 2.75. The van der Waals surface area contributed by atoms with E-state index in [1.165, 1.54) is 6.42 Å². The predicted octanol–water partition coefficient (Wildman–Crippen LogP) is 5.78. The average molecular weight is 319 g/mol. The molecule has 2 heteroatoms. The Bertz CT molecular complexity index is 148. The van der Waals surface area contributed by atoms with Gasteiger partial charge in [-0.3, -0.25) is 0 Å². The molecule has 0 aliphatic heterocycles. The maximum atomic E-state index is 2.75. The van der Waals surface area contributed by atoms with E-state index >= 15 is 0 Å². The number of rotatable bonds is 5. The quantitative estimate of drug-likeness (QED) is 0.691. The Hall–Kier alpha value is -0.0800. The summed E-state index contributed by atoms with van der Waals surface area (Å²) in [6.45, 7) is 22.2. The Morgan fingerprint density at radius 3 is 0.909 bits per heavy atom. The van der Waals surface area contributed by atoms with Gasteiger partial charge in [-0.05, 0) is 58.3 Å². The van der Waals surface area contributed by atoms with Crippen molar-refractivity contribution in [3.05, 3.63) is 0 Å². The molecule has 0 aromatic heterocycles. The van der Waals surface area contributed by atoms with Crippen LogP contribution in [-0.4, -0.2) is 39.1 Å². The molecule has 0 fully saturated rings. The maximum Gasteiger partial charge on any atom is 0.0135 e. The zero-order valence-electron chi connectivity index (χ0n) is 18.5. The Kier molecular flexibility index (Phi) is 28.4. The second kappa shape index (κ2) is 20.9. The lowest BCUT2D eigenvalue weighted by molar-refractivity contribution is 0.176. The highest BCUT2D eigenvalue weighted by Gasteiger charge is 2.18. The summed E-state index contributed by atoms with van der Waals surface area (Å²) >= 11 is 0. The molecule has 0 unspecified atom stereocenters. The van der Waals surface area contributed by atoms with Gasteiger partial charge < -0.3 is 10.2 Å². The van der Waals surface area contributed by atoms with E-state index in [4.69, 9.17) is 0 Å². The van der Waals surface area contributed by atoms with Crippen molar-refractivity contribution in [3.8, 4) is 0 Å². The van der Waals surface area contributed by atoms with Crippen molar-refractivity contribution < 1.29 is 0 Å². The summed E-state index contributed by atoms with van der Waals surface area (Å²) in [6.07, 6.45) is 1.36. The van der Waals surface area contributed by atoms with E-state index in [0.717, 1.165) is 29.7 Å². The van der Waals surface area contributed by atoms with Gasteiger partial charge in [0, 0.05) is 6.04 Å². The molecular weight excluding hydrogens is 268 g/mol. The van der Waals surface area contributed by atoms with Gasteiger partial charge in [-0.2, -0.15) is 0 Å². The predicted molar refractivity (Wildman–Crippen MR) is 108 cm³/mol. The van der Waals surface area contributed by atoms with Gasteiger partial charge in [0.05, 0.1) is 0 Å². The zero-order valence-corrected chi connectivity index (χ0v) is 18.5. The largest absolute Gasteiger partial charge is 0.323 e. The smallest absolute Gasteiger partial charge is 0.0135 e. The van der Waals surface area contributed by atoms with E-state index in [0.29, 0.717) is 0 Å². The fraction of sp³-hybridized carbons (Fsp3) is 1.00. The van der Waals surface area contributed by atoms with E-state index in [9.17, 15) is 0 Å². The summed E-state index contributed by atoms with van der Waals surface area (Å²) < 4.78 is 0. The molecule has 0 atom stereocenters. The fourth-order valence-electron chi connectivity index (χ4n) is 2.91. The van der Waals surface area contributed by atoms with Gasteiger partial charge in [0.25, 0.3) is 0 Å². The number of nitrogens with one attached hydrogen (secondary N) is 1. The Morgan fingerprint density at radius 2 is 0.909 bits per heavy atom. The van der Waals surface area contributed by atoms with E-state index in [1.54, 1.807) is 0 Å². The number of hydrogen-bond acceptors (Lipinski definition) is 2. The Balaban J connectivity index is -0.000000117. The van der Waals surface area contributed by atoms with Crippen LogP contribution in [0.15, 0.2) is 0 Å². The van der Waals surface area contributed by atoms with Crippen LogP contribution in [0.2, 0.25) is 0 Å². The Labute approximate surface area is 144 Å². The number of hydrogen-bond donors (Lipinski definition) is 1. The molecule has 0 radical (unpaired) electrons. The lowest BCUT2D eigenvalue weighted by Gasteiger charge is -2.31. The van der Waals surface area contributed by atoms with Gasteiger partial charge >= 0.3 is 0 Å². The minimum Gasteiger partial charge on any atom is -0.323 e. The fourth-order valence-corrected chi connectivity index (χ4v) is 2.91. The molecule has 0 aliphatic rings. The first-order valence-electron chi connectivity index (χ1n) is 9.25. The van der Waals surface area contributed by atoms with Crippen molar-refractivity contribution in [2.45, 2.75) is 81.7 Å². The minimum atomic E-state index is 0.722. The molecule has 0 bridgehead atoms. The molecule has 0 aromatic rings. The summed E-state index contributed by atoms with van der Waals surface area (Å²) in [5.74, 6) is 3.27. The van der Waals surface area contributed by atoms with Crippen molar-refractivity contribution in [3.63, 3.8) is 0 Å². The molecule has 2 nitrogen and oxygen atoms in total. The first-order chi connectivity index (χ1) is 10.0. The number of nitrogens with zero attached hydrogens (tertiary/aromatic N) is 1. The van der Waals surface area contributed by atoms with Crippen molar-refractivity contribution in [2.24, 2.45) is 23.7 Å². The van der Waals surface area contributed by atoms with Gasteiger partial charge in [-0.15, -0.1) is 0 Å². The van der Waals surface area contributed by atoms with E-state index in [1.807, 2.05) is 27.9 Å². The van der Waals surface area contributed by atoms with Crippen LogP contribution >= 0.6 is 0 Å². The third kappa shape index (κ3) is 28.1. The summed E-state index contributed by atoms with van der Waals surface area (Å²) in [6, 6.07) is 0.722. The van der Waals surface area contributed by atoms with Crippen LogP contribution in [0.25, 0.3) is 0 Å². The van der Waals surface area contributed by atoms with E-state index < -0.39 is 0 Å². The van der Waals surface area contributed by atoms with Crippen molar-refractivity contribution >= 4 is 0 Å². The molecule has 0 aliphatic carbocycles. The van der Waals surface area contributed by atoms with Gasteiger partial charge in [0.15, 0.2) is 0 Å². The molecule has 22 heavy (non-hydrogen) atoms. The van der Waals surface area contributed by atoms with Crippen LogP contribution in [0, 0.1) is 23.7 Å². The highest BCUT2D eigenvalue weighted by molar-refractivity contribution is 4.72. The van der Waals surface area contributed by atoms with E-state index in [2.05, 4.69) is 79.7 Å². The third-order valence-corrected chi connectivity index (χ3v) is 2.91. The third-order valence-electron chi connectivity index (χ3n) is 2.91. The van der Waals surface area contributed by atoms with Crippen LogP contribution in [0.5, 0.6) is 0 Å². The molecule has 0 aromatic carbocycles. The van der Waals surface area contributed by atoms with Gasteiger partial charge in [-0.25, -0.2) is 0 Å². The van der Waals surface area contributed by atoms with Crippen molar-refractivity contribution in [2.75, 3.05) is 28.2 Å². The summed E-state index contributed by atoms with van der Waals surface area (Å²) in [7, 11) is 8.06. The zero-order chi connectivity index (χ0) is 18.9. The van der Waals surface area contributed by atoms with Crippen LogP contribution in [0.4, 0.5) is 0 Å². The average Bonchev–Trinajstić information content (AvgIpc) is 2.29. The van der Waals surface area contributed by atoms with Crippen molar-refractivity contribution in [1.82, 2.24) is 10.2 Å². The monoisotopic (exact) mass is 318 g/mol. The molecular formula is C20H50N2. The lowest BCUT2D eigenvalue weighted by Crippen LogP contribution is -2.37. The molecule has 140 valence electrons. The highest BCUT2D eigenvalue weighted by Crippen LogP contribution is 2.16. The molecule has 0 saturated heterocycles. The first-order valence-corrected chi connectivity index (χ1v) is 9.25. The maximum absolute atomic E-state index is 2.75. The van der Waals surface area contributed by atoms with Gasteiger partial charge in [-0.1, -0.05) is 69.2 Å². The summed E-state index contributed by atoms with van der Waals surface area (Å²) in [5.41, 5.74) is 0. The SMILES string of the molecule is CC.CC(C)C(C(C)C)N(C)C.CC(C)CC(C)C.CNC. The van der Waals surface area contributed by atoms with E-state index in [-0.39, 0.29) is 0 Å². The van der Waals surface area contributed by atoms with Gasteiger partial charge in [0.1, 0.15) is 0 Å².